The summed E-state index contributed by atoms with van der Waals surface area (Å²) >= 11 is 0. The number of nitrogens with zero attached hydrogens (tertiary/aromatic N) is 2. The summed E-state index contributed by atoms with van der Waals surface area (Å²) in [4.78, 5) is 24.1. The Bertz CT molecular complexity index is 648. The monoisotopic (exact) mass is 319 g/mol. The van der Waals surface area contributed by atoms with Crippen LogP contribution in [0.25, 0.3) is 0 Å². The van der Waals surface area contributed by atoms with Gasteiger partial charge in [0.1, 0.15) is 11.5 Å². The molecule has 0 unspecified atom stereocenters. The van der Waals surface area contributed by atoms with Crippen molar-refractivity contribution in [3.05, 3.63) is 36.0 Å². The first kappa shape index (κ1) is 16.6. The molecule has 23 heavy (non-hydrogen) atoms. The van der Waals surface area contributed by atoms with E-state index in [-0.39, 0.29) is 24.2 Å². The summed E-state index contributed by atoms with van der Waals surface area (Å²) in [6, 6.07) is 3.16. The van der Waals surface area contributed by atoms with Gasteiger partial charge in [-0.25, -0.2) is 4.79 Å². The van der Waals surface area contributed by atoms with Gasteiger partial charge in [0.05, 0.1) is 24.7 Å². The molecule has 2 aromatic rings. The van der Waals surface area contributed by atoms with E-state index in [2.05, 4.69) is 21.0 Å². The highest BCUT2D eigenvalue weighted by Crippen LogP contribution is 2.14. The maximum atomic E-state index is 12.3. The molecule has 0 saturated heterocycles. The Morgan fingerprint density at radius 1 is 1.35 bits per heavy atom. The van der Waals surface area contributed by atoms with Crippen LogP contribution in [0.3, 0.4) is 0 Å². The third-order valence-corrected chi connectivity index (χ3v) is 3.22. The van der Waals surface area contributed by atoms with Crippen LogP contribution in [0.15, 0.2) is 29.0 Å². The van der Waals surface area contributed by atoms with Gasteiger partial charge in [-0.15, -0.1) is 0 Å². The van der Waals surface area contributed by atoms with Crippen LogP contribution >= 0.6 is 0 Å². The molecule has 2 rings (SSSR count). The SMILES string of the molecule is CCCCNC(=O)Nc1cnn(C)c1C(=O)NCc1ccco1. The van der Waals surface area contributed by atoms with Gasteiger partial charge in [0.25, 0.3) is 5.91 Å². The molecular formula is C15H21N5O3. The van der Waals surface area contributed by atoms with E-state index in [0.29, 0.717) is 18.0 Å². The molecule has 0 fully saturated rings. The smallest absolute Gasteiger partial charge is 0.319 e. The average molecular weight is 319 g/mol. The van der Waals surface area contributed by atoms with Gasteiger partial charge in [0.2, 0.25) is 0 Å². The zero-order valence-electron chi connectivity index (χ0n) is 13.3. The Morgan fingerprint density at radius 2 is 2.17 bits per heavy atom. The Morgan fingerprint density at radius 3 is 2.87 bits per heavy atom. The number of aryl methyl sites for hydroxylation is 1. The molecule has 0 atom stereocenters. The molecule has 0 aliphatic heterocycles. The predicted molar refractivity (Wildman–Crippen MR) is 85.0 cm³/mol. The summed E-state index contributed by atoms with van der Waals surface area (Å²) in [6.07, 6.45) is 4.88. The summed E-state index contributed by atoms with van der Waals surface area (Å²) in [7, 11) is 1.64. The highest BCUT2D eigenvalue weighted by molar-refractivity contribution is 6.01. The predicted octanol–water partition coefficient (Wildman–Crippen LogP) is 1.86. The van der Waals surface area contributed by atoms with Crippen LogP contribution in [0.4, 0.5) is 10.5 Å². The minimum absolute atomic E-state index is 0.263. The van der Waals surface area contributed by atoms with E-state index < -0.39 is 0 Å². The van der Waals surface area contributed by atoms with Crippen LogP contribution < -0.4 is 16.0 Å². The first-order valence-electron chi connectivity index (χ1n) is 7.49. The zero-order valence-corrected chi connectivity index (χ0v) is 13.3. The third kappa shape index (κ3) is 4.60. The second-order valence-corrected chi connectivity index (χ2v) is 5.03. The molecule has 3 N–H and O–H groups in total. The van der Waals surface area contributed by atoms with E-state index in [1.54, 1.807) is 25.4 Å². The lowest BCUT2D eigenvalue weighted by Crippen LogP contribution is -2.31. The molecule has 8 heteroatoms. The van der Waals surface area contributed by atoms with Crippen molar-refractivity contribution < 1.29 is 14.0 Å². The normalized spacial score (nSPS) is 10.3. The summed E-state index contributed by atoms with van der Waals surface area (Å²) in [6.45, 7) is 2.89. The number of carbonyl (C=O) groups is 2. The standard InChI is InChI=1S/C15H21N5O3/c1-3-4-7-16-15(22)19-12-10-18-20(2)13(12)14(21)17-9-11-6-5-8-23-11/h5-6,8,10H,3-4,7,9H2,1-2H3,(H,17,21)(H2,16,19,22). The number of aromatic nitrogens is 2. The van der Waals surface area contributed by atoms with Crippen molar-refractivity contribution >= 4 is 17.6 Å². The number of anilines is 1. The number of hydrogen-bond acceptors (Lipinski definition) is 4. The summed E-state index contributed by atoms with van der Waals surface area (Å²) in [5.74, 6) is 0.303. The topological polar surface area (TPSA) is 101 Å². The highest BCUT2D eigenvalue weighted by atomic mass is 16.3. The molecule has 2 heterocycles. The minimum atomic E-state index is -0.355. The molecule has 0 aliphatic rings. The molecule has 0 spiro atoms. The second-order valence-electron chi connectivity index (χ2n) is 5.03. The van der Waals surface area contributed by atoms with E-state index in [1.807, 2.05) is 6.92 Å². The summed E-state index contributed by atoms with van der Waals surface area (Å²) in [5, 5.41) is 12.1. The second kappa shape index (κ2) is 8.02. The molecule has 0 aliphatic carbocycles. The van der Waals surface area contributed by atoms with Gasteiger partial charge in [0.15, 0.2) is 0 Å². The van der Waals surface area contributed by atoms with Gasteiger partial charge in [-0.3, -0.25) is 9.48 Å². The molecule has 0 bridgehead atoms. The quantitative estimate of drug-likeness (QED) is 0.678. The Hall–Kier alpha value is -2.77. The lowest BCUT2D eigenvalue weighted by atomic mass is 10.3. The number of rotatable bonds is 7. The number of nitrogens with one attached hydrogen (secondary N) is 3. The van der Waals surface area contributed by atoms with E-state index in [1.165, 1.54) is 10.9 Å². The zero-order chi connectivity index (χ0) is 16.7. The van der Waals surface area contributed by atoms with Crippen LogP contribution in [-0.4, -0.2) is 28.3 Å². The molecular weight excluding hydrogens is 298 g/mol. The van der Waals surface area contributed by atoms with Gasteiger partial charge >= 0.3 is 6.03 Å². The maximum Gasteiger partial charge on any atom is 0.319 e. The fraction of sp³-hybridized carbons (Fsp3) is 0.400. The van der Waals surface area contributed by atoms with Gasteiger partial charge < -0.3 is 20.4 Å². The number of carbonyl (C=O) groups excluding carboxylic acids is 2. The number of hydrogen-bond donors (Lipinski definition) is 3. The van der Waals surface area contributed by atoms with Gasteiger partial charge in [-0.2, -0.15) is 5.10 Å². The minimum Gasteiger partial charge on any atom is -0.467 e. The van der Waals surface area contributed by atoms with Crippen molar-refractivity contribution in [1.29, 1.82) is 0 Å². The largest absolute Gasteiger partial charge is 0.467 e. The van der Waals surface area contributed by atoms with Crippen LogP contribution in [0.2, 0.25) is 0 Å². The molecule has 3 amide bonds. The molecule has 8 nitrogen and oxygen atoms in total. The Kier molecular flexibility index (Phi) is 5.79. The Balaban J connectivity index is 1.97. The van der Waals surface area contributed by atoms with Gasteiger partial charge in [0, 0.05) is 13.6 Å². The maximum absolute atomic E-state index is 12.3. The van der Waals surface area contributed by atoms with Crippen molar-refractivity contribution in [2.24, 2.45) is 7.05 Å². The fourth-order valence-electron chi connectivity index (χ4n) is 2.01. The summed E-state index contributed by atoms with van der Waals surface area (Å²) < 4.78 is 6.58. The number of furan rings is 1. The van der Waals surface area contributed by atoms with Crippen molar-refractivity contribution in [3.8, 4) is 0 Å². The van der Waals surface area contributed by atoms with E-state index >= 15 is 0 Å². The third-order valence-electron chi connectivity index (χ3n) is 3.22. The highest BCUT2D eigenvalue weighted by Gasteiger charge is 2.18. The number of unbranched alkanes of at least 4 members (excludes halogenated alkanes) is 1. The van der Waals surface area contributed by atoms with Crippen molar-refractivity contribution in [2.45, 2.75) is 26.3 Å². The fourth-order valence-corrected chi connectivity index (χ4v) is 2.01. The molecule has 0 saturated carbocycles. The lowest BCUT2D eigenvalue weighted by molar-refractivity contribution is 0.0939. The van der Waals surface area contributed by atoms with Crippen LogP contribution in [0.1, 0.15) is 36.0 Å². The molecule has 0 radical (unpaired) electrons. The molecule has 0 aromatic carbocycles. The van der Waals surface area contributed by atoms with E-state index in [0.717, 1.165) is 12.8 Å². The Labute approximate surface area is 134 Å². The van der Waals surface area contributed by atoms with Gasteiger partial charge in [-0.05, 0) is 18.6 Å². The first-order valence-corrected chi connectivity index (χ1v) is 7.49. The van der Waals surface area contributed by atoms with Crippen LogP contribution in [-0.2, 0) is 13.6 Å². The number of urea groups is 1. The summed E-state index contributed by atoms with van der Waals surface area (Å²) in [5.41, 5.74) is 0.639. The van der Waals surface area contributed by atoms with E-state index in [4.69, 9.17) is 4.42 Å². The molecule has 2 aromatic heterocycles. The van der Waals surface area contributed by atoms with Crippen molar-refractivity contribution in [1.82, 2.24) is 20.4 Å². The van der Waals surface area contributed by atoms with Crippen molar-refractivity contribution in [3.63, 3.8) is 0 Å². The number of amides is 3. The van der Waals surface area contributed by atoms with Crippen molar-refractivity contribution in [2.75, 3.05) is 11.9 Å². The first-order chi connectivity index (χ1) is 11.1. The molecule has 124 valence electrons. The van der Waals surface area contributed by atoms with E-state index in [9.17, 15) is 9.59 Å². The van der Waals surface area contributed by atoms with Gasteiger partial charge in [-0.1, -0.05) is 13.3 Å². The lowest BCUT2D eigenvalue weighted by Gasteiger charge is -2.09. The van der Waals surface area contributed by atoms with Crippen LogP contribution in [0, 0.1) is 0 Å². The van der Waals surface area contributed by atoms with Crippen LogP contribution in [0.5, 0.6) is 0 Å². The average Bonchev–Trinajstić information content (AvgIpc) is 3.15.